The molecule has 6 heteroatoms. The summed E-state index contributed by atoms with van der Waals surface area (Å²) in [6, 6.07) is 0. The minimum Gasteiger partial charge on any atom is -1.00 e. The van der Waals surface area contributed by atoms with Crippen LogP contribution in [0, 0.1) is 0 Å². The average molecular weight is 513 g/mol. The monoisotopic (exact) mass is 510 g/mol. The first-order valence-electron chi connectivity index (χ1n) is 8.90. The molecule has 0 heterocycles. The summed E-state index contributed by atoms with van der Waals surface area (Å²) in [7, 11) is -3.13. The van der Waals surface area contributed by atoms with Crippen LogP contribution in [0.25, 0.3) is 0 Å². The Labute approximate surface area is 185 Å². The molecule has 0 aliphatic heterocycles. The van der Waals surface area contributed by atoms with Crippen LogP contribution in [-0.2, 0) is 23.2 Å². The topological polar surface area (TPSA) is 0 Å². The van der Waals surface area contributed by atoms with Gasteiger partial charge in [0.25, 0.3) is 0 Å². The predicted octanol–water partition coefficient (Wildman–Crippen LogP) is 0.926. The molecule has 0 aromatic heterocycles. The molecule has 0 saturated carbocycles. The van der Waals surface area contributed by atoms with Gasteiger partial charge in [0.15, 0.2) is 0 Å². The van der Waals surface area contributed by atoms with Crippen molar-refractivity contribution in [2.45, 2.75) is 70.9 Å². The molecule has 0 fully saturated rings. The van der Waals surface area contributed by atoms with Crippen molar-refractivity contribution in [3.05, 3.63) is 41.6 Å². The molecule has 2 aliphatic carbocycles. The van der Waals surface area contributed by atoms with Gasteiger partial charge >= 0.3 is 162 Å². The summed E-state index contributed by atoms with van der Waals surface area (Å²) in [4.78, 5) is 0. The van der Waals surface area contributed by atoms with Gasteiger partial charge in [-0.3, -0.25) is 0 Å². The Kier molecular flexibility index (Phi) is 11.1. The molecule has 2 rings (SSSR count). The molecule has 0 aromatic carbocycles. The van der Waals surface area contributed by atoms with E-state index in [1.807, 2.05) is 3.28 Å². The normalized spacial score (nSPS) is 18.2. The van der Waals surface area contributed by atoms with Crippen molar-refractivity contribution in [1.82, 2.24) is 0 Å². The van der Waals surface area contributed by atoms with E-state index in [9.17, 15) is 0 Å². The fourth-order valence-electron chi connectivity index (χ4n) is 4.21. The Morgan fingerprint density at radius 2 is 1.60 bits per heavy atom. The zero-order chi connectivity index (χ0) is 17.3. The second kappa shape index (κ2) is 10.6. The first kappa shape index (κ1) is 26.1. The molecule has 0 aromatic rings. The Bertz CT molecular complexity index is 584. The number of allylic oxidation sites excluding steroid dienone is 8. The second-order valence-corrected chi connectivity index (χ2v) is 23.6. The van der Waals surface area contributed by atoms with Gasteiger partial charge in [0.2, 0.25) is 0 Å². The molecule has 0 saturated heterocycles. The van der Waals surface area contributed by atoms with Crippen LogP contribution in [0.5, 0.6) is 0 Å². The van der Waals surface area contributed by atoms with Crippen molar-refractivity contribution >= 4 is 26.5 Å². The molecule has 0 nitrogen and oxygen atoms in total. The van der Waals surface area contributed by atoms with Crippen molar-refractivity contribution in [3.8, 4) is 0 Å². The minimum absolute atomic E-state index is 0. The third-order valence-electron chi connectivity index (χ3n) is 5.37. The van der Waals surface area contributed by atoms with E-state index in [2.05, 4.69) is 64.3 Å². The van der Waals surface area contributed by atoms with Crippen LogP contribution in [0.2, 0.25) is 31.4 Å². The zero-order valence-corrected chi connectivity index (χ0v) is 23.1. The molecular weight excluding hydrogens is 482 g/mol. The first-order valence-corrected chi connectivity index (χ1v) is 18.5. The Morgan fingerprint density at radius 1 is 1.04 bits per heavy atom. The first-order chi connectivity index (χ1) is 10.7. The van der Waals surface area contributed by atoms with E-state index in [0.717, 1.165) is 5.16 Å². The van der Waals surface area contributed by atoms with E-state index in [1.54, 1.807) is 14.1 Å². The van der Waals surface area contributed by atoms with Crippen molar-refractivity contribution in [1.29, 1.82) is 0 Å². The molecule has 140 valence electrons. The van der Waals surface area contributed by atoms with Gasteiger partial charge in [-0.25, -0.2) is 0 Å². The fraction of sp³-hybridized carbons (Fsp3) is 0.579. The van der Waals surface area contributed by atoms with Crippen LogP contribution in [0.1, 0.15) is 39.5 Å². The van der Waals surface area contributed by atoms with Gasteiger partial charge in [-0.15, -0.1) is 0 Å². The summed E-state index contributed by atoms with van der Waals surface area (Å²) in [5.41, 5.74) is 1.56. The van der Waals surface area contributed by atoms with Crippen LogP contribution in [0.4, 0.5) is 0 Å². The van der Waals surface area contributed by atoms with Gasteiger partial charge in [-0.2, -0.15) is 0 Å². The fourth-order valence-corrected chi connectivity index (χ4v) is 24.1. The molecule has 0 radical (unpaired) electrons. The molecule has 1 unspecified atom stereocenters. The maximum absolute atomic E-state index is 7.00. The molecule has 0 amide bonds. The van der Waals surface area contributed by atoms with E-state index in [4.69, 9.17) is 11.1 Å². The minimum atomic E-state index is -1.64. The summed E-state index contributed by atoms with van der Waals surface area (Å²) in [5, 5.41) is 2.57. The maximum Gasteiger partial charge on any atom is -1.00 e. The standard InChI is InChI=1S/C13H24ClSi2.C6H7.2ClH.Zr/c1-6-9-13(16(4,5)14)15(2,3)12-10-7-8-11-12;1-6-4-2-3-5-6;;;/h7,10,13H,6,8-9H2,1-5H3;2,4H,3H2,1H3;2*1H;/q;;;;+2/p-2. The number of hydrogen-bond acceptors (Lipinski definition) is 0. The van der Waals surface area contributed by atoms with Gasteiger partial charge < -0.3 is 24.8 Å². The summed E-state index contributed by atoms with van der Waals surface area (Å²) in [6.45, 7) is 14.6. The van der Waals surface area contributed by atoms with Gasteiger partial charge in [-0.05, 0) is 0 Å². The quantitative estimate of drug-likeness (QED) is 0.351. The van der Waals surface area contributed by atoms with E-state index in [1.165, 1.54) is 25.7 Å². The molecule has 25 heavy (non-hydrogen) atoms. The molecule has 0 bridgehead atoms. The summed E-state index contributed by atoms with van der Waals surface area (Å²) < 4.78 is 3.66. The molecular formula is C19H31Cl3Si2Zr. The molecule has 0 spiro atoms. The van der Waals surface area contributed by atoms with Gasteiger partial charge in [-0.1, -0.05) is 0 Å². The third kappa shape index (κ3) is 6.33. The van der Waals surface area contributed by atoms with E-state index in [-0.39, 0.29) is 24.8 Å². The van der Waals surface area contributed by atoms with Crippen LogP contribution in [-0.4, -0.2) is 15.5 Å². The number of halogens is 3. The maximum atomic E-state index is 7.00. The van der Waals surface area contributed by atoms with Crippen molar-refractivity contribution in [2.24, 2.45) is 0 Å². The Balaban J connectivity index is 0.00000288. The van der Waals surface area contributed by atoms with Crippen LogP contribution in [0.15, 0.2) is 41.6 Å². The molecule has 2 aliphatic rings. The largest absolute Gasteiger partial charge is 1.00 e. The van der Waals surface area contributed by atoms with Crippen molar-refractivity contribution < 1.29 is 48.0 Å². The van der Waals surface area contributed by atoms with Crippen molar-refractivity contribution in [2.75, 3.05) is 0 Å². The van der Waals surface area contributed by atoms with E-state index in [0.29, 0.717) is 0 Å². The van der Waals surface area contributed by atoms with Gasteiger partial charge in [0, 0.05) is 0 Å². The average Bonchev–Trinajstić information content (AvgIpc) is 3.05. The van der Waals surface area contributed by atoms with Gasteiger partial charge in [0.05, 0.1) is 0 Å². The van der Waals surface area contributed by atoms with Gasteiger partial charge in [0.1, 0.15) is 0 Å². The summed E-state index contributed by atoms with van der Waals surface area (Å²) in [6.07, 6.45) is 14.7. The molecule has 1 atom stereocenters. The Hall–Kier alpha value is 1.15. The number of rotatable bonds is 7. The van der Waals surface area contributed by atoms with E-state index >= 15 is 0 Å². The predicted molar refractivity (Wildman–Crippen MR) is 107 cm³/mol. The summed E-state index contributed by atoms with van der Waals surface area (Å²) >= 11 is 6.42. The second-order valence-electron chi connectivity index (χ2n) is 8.02. The van der Waals surface area contributed by atoms with Crippen LogP contribution < -0.4 is 24.8 Å². The Morgan fingerprint density at radius 3 is 2.08 bits per heavy atom. The van der Waals surface area contributed by atoms with E-state index < -0.39 is 38.7 Å². The zero-order valence-electron chi connectivity index (χ0n) is 16.3. The third-order valence-corrected chi connectivity index (χ3v) is 21.6. The SMILES string of the molecule is CCCC([Si](C)(C)Cl)[Si](C)(C)C1=[C]([Zr+2][C]2=C(C)C=CC2)CC=C1.[Cl-].[Cl-]. The summed E-state index contributed by atoms with van der Waals surface area (Å²) in [5.74, 6) is 0. The smallest absolute Gasteiger partial charge is 1.00 e. The van der Waals surface area contributed by atoms with Crippen molar-refractivity contribution in [3.63, 3.8) is 0 Å². The molecule has 0 N–H and O–H groups in total. The van der Waals surface area contributed by atoms with Crippen LogP contribution >= 0.6 is 11.1 Å². The van der Waals surface area contributed by atoms with Crippen LogP contribution in [0.3, 0.4) is 0 Å². The number of hydrogen-bond donors (Lipinski definition) is 0.